The van der Waals surface area contributed by atoms with Crippen LogP contribution in [-0.4, -0.2) is 40.1 Å². The Morgan fingerprint density at radius 2 is 1.91 bits per heavy atom. The molecule has 2 heterocycles. The quantitative estimate of drug-likeness (QED) is 0.939. The van der Waals surface area contributed by atoms with Crippen LogP contribution < -0.4 is 0 Å². The number of carboxylic acids is 1. The predicted molar refractivity (Wildman–Crippen MR) is 82.2 cm³/mol. The Labute approximate surface area is 133 Å². The Hall–Kier alpha value is -2.63. The Bertz CT molecular complexity index is 719. The van der Waals surface area contributed by atoms with Crippen LogP contribution in [0.3, 0.4) is 0 Å². The molecule has 6 nitrogen and oxygen atoms in total. The molecule has 0 spiro atoms. The summed E-state index contributed by atoms with van der Waals surface area (Å²) in [6.07, 6.45) is 0. The van der Waals surface area contributed by atoms with Gasteiger partial charge in [-0.3, -0.25) is 9.59 Å². The third kappa shape index (κ3) is 2.72. The molecule has 1 saturated heterocycles. The minimum atomic E-state index is -0.882. The second-order valence-electron chi connectivity index (χ2n) is 5.87. The molecule has 3 rings (SSSR count). The van der Waals surface area contributed by atoms with Crippen LogP contribution in [0.2, 0.25) is 0 Å². The van der Waals surface area contributed by atoms with Crippen LogP contribution in [0.25, 0.3) is 0 Å². The van der Waals surface area contributed by atoms with Crippen molar-refractivity contribution in [2.75, 3.05) is 13.1 Å². The van der Waals surface area contributed by atoms with Crippen molar-refractivity contribution in [1.29, 1.82) is 0 Å². The highest BCUT2D eigenvalue weighted by atomic mass is 16.5. The van der Waals surface area contributed by atoms with Crippen LogP contribution in [0.15, 0.2) is 34.9 Å². The average Bonchev–Trinajstić information content (AvgIpc) is 3.12. The number of nitrogens with zero attached hydrogens (tertiary/aromatic N) is 2. The summed E-state index contributed by atoms with van der Waals surface area (Å²) in [6, 6.07) is 9.47. The number of carbonyl (C=O) groups excluding carboxylic acids is 1. The molecule has 23 heavy (non-hydrogen) atoms. The van der Waals surface area contributed by atoms with Crippen molar-refractivity contribution in [2.45, 2.75) is 19.8 Å². The maximum Gasteiger partial charge on any atom is 0.308 e. The molecule has 1 aliphatic heterocycles. The topological polar surface area (TPSA) is 83.6 Å². The van der Waals surface area contributed by atoms with Gasteiger partial charge >= 0.3 is 5.97 Å². The van der Waals surface area contributed by atoms with Crippen molar-refractivity contribution < 1.29 is 19.2 Å². The molecule has 0 bridgehead atoms. The summed E-state index contributed by atoms with van der Waals surface area (Å²) in [5.74, 6) is -1.46. The number of rotatable bonds is 3. The van der Waals surface area contributed by atoms with E-state index in [0.29, 0.717) is 23.6 Å². The van der Waals surface area contributed by atoms with Gasteiger partial charge in [-0.25, -0.2) is 0 Å². The average molecular weight is 314 g/mol. The number of hydrogen-bond donors (Lipinski definition) is 1. The number of carboxylic acid groups (broad SMARTS) is 1. The van der Waals surface area contributed by atoms with Crippen LogP contribution >= 0.6 is 0 Å². The molecule has 1 amide bonds. The monoisotopic (exact) mass is 314 g/mol. The minimum absolute atomic E-state index is 0.192. The van der Waals surface area contributed by atoms with Crippen LogP contribution in [-0.2, 0) is 4.79 Å². The fourth-order valence-electron chi connectivity index (χ4n) is 3.20. The van der Waals surface area contributed by atoms with Gasteiger partial charge in [-0.05, 0) is 19.4 Å². The zero-order valence-corrected chi connectivity index (χ0v) is 13.0. The van der Waals surface area contributed by atoms with Crippen molar-refractivity contribution in [3.05, 3.63) is 52.9 Å². The van der Waals surface area contributed by atoms with Crippen molar-refractivity contribution in [3.8, 4) is 0 Å². The molecular weight excluding hydrogens is 296 g/mol. The van der Waals surface area contributed by atoms with E-state index in [-0.39, 0.29) is 18.4 Å². The van der Waals surface area contributed by atoms with Gasteiger partial charge in [-0.15, -0.1) is 0 Å². The van der Waals surface area contributed by atoms with E-state index in [0.717, 1.165) is 5.56 Å². The number of benzene rings is 1. The first kappa shape index (κ1) is 15.3. The van der Waals surface area contributed by atoms with Gasteiger partial charge in [-0.2, -0.15) is 0 Å². The maximum atomic E-state index is 12.7. The molecule has 0 saturated carbocycles. The fourth-order valence-corrected chi connectivity index (χ4v) is 3.20. The van der Waals surface area contributed by atoms with Gasteiger partial charge in [0.2, 0.25) is 0 Å². The van der Waals surface area contributed by atoms with E-state index < -0.39 is 11.9 Å². The molecule has 2 aromatic rings. The fraction of sp³-hybridized carbons (Fsp3) is 0.353. The lowest BCUT2D eigenvalue weighted by Gasteiger charge is -2.16. The lowest BCUT2D eigenvalue weighted by molar-refractivity contribution is -0.141. The van der Waals surface area contributed by atoms with E-state index in [9.17, 15) is 14.7 Å². The Kier molecular flexibility index (Phi) is 3.90. The first-order valence-electron chi connectivity index (χ1n) is 7.49. The van der Waals surface area contributed by atoms with Gasteiger partial charge in [0.1, 0.15) is 11.3 Å². The number of aromatic nitrogens is 1. The van der Waals surface area contributed by atoms with Crippen LogP contribution in [0.1, 0.15) is 33.3 Å². The minimum Gasteiger partial charge on any atom is -0.481 e. The first-order valence-corrected chi connectivity index (χ1v) is 7.49. The lowest BCUT2D eigenvalue weighted by atomic mass is 9.89. The van der Waals surface area contributed by atoms with Crippen molar-refractivity contribution in [3.63, 3.8) is 0 Å². The smallest absolute Gasteiger partial charge is 0.308 e. The second-order valence-corrected chi connectivity index (χ2v) is 5.87. The van der Waals surface area contributed by atoms with Crippen molar-refractivity contribution in [1.82, 2.24) is 10.1 Å². The third-order valence-corrected chi connectivity index (χ3v) is 4.40. The molecule has 120 valence electrons. The zero-order valence-electron chi connectivity index (χ0n) is 13.0. The van der Waals surface area contributed by atoms with Gasteiger partial charge < -0.3 is 14.5 Å². The van der Waals surface area contributed by atoms with Gasteiger partial charge in [0, 0.05) is 19.0 Å². The first-order chi connectivity index (χ1) is 11.0. The Morgan fingerprint density at radius 3 is 2.48 bits per heavy atom. The van der Waals surface area contributed by atoms with Gasteiger partial charge in [-0.1, -0.05) is 35.5 Å². The van der Waals surface area contributed by atoms with Crippen molar-refractivity contribution >= 4 is 11.9 Å². The summed E-state index contributed by atoms with van der Waals surface area (Å²) in [5, 5.41) is 13.3. The number of hydrogen-bond acceptors (Lipinski definition) is 4. The number of likely N-dealkylation sites (tertiary alicyclic amines) is 1. The third-order valence-electron chi connectivity index (χ3n) is 4.40. The summed E-state index contributed by atoms with van der Waals surface area (Å²) in [4.78, 5) is 25.9. The van der Waals surface area contributed by atoms with E-state index in [4.69, 9.17) is 4.52 Å². The van der Waals surface area contributed by atoms with Crippen LogP contribution in [0.5, 0.6) is 0 Å². The highest BCUT2D eigenvalue weighted by Gasteiger charge is 2.41. The molecule has 0 radical (unpaired) electrons. The summed E-state index contributed by atoms with van der Waals surface area (Å²) in [5.41, 5.74) is 1.90. The summed E-state index contributed by atoms with van der Waals surface area (Å²) in [7, 11) is 0. The molecular formula is C17H18N2O4. The Balaban J connectivity index is 1.89. The van der Waals surface area contributed by atoms with E-state index >= 15 is 0 Å². The Morgan fingerprint density at radius 1 is 1.22 bits per heavy atom. The summed E-state index contributed by atoms with van der Waals surface area (Å²) < 4.78 is 5.05. The van der Waals surface area contributed by atoms with Gasteiger partial charge in [0.25, 0.3) is 5.91 Å². The number of carbonyl (C=O) groups is 2. The molecule has 1 aromatic carbocycles. The van der Waals surface area contributed by atoms with Crippen LogP contribution in [0.4, 0.5) is 0 Å². The largest absolute Gasteiger partial charge is 0.481 e. The SMILES string of the molecule is Cc1noc(C)c1C(=O)N1CC(C(=O)O)C(c2ccccc2)C1. The van der Waals surface area contributed by atoms with Crippen LogP contribution in [0, 0.1) is 19.8 Å². The number of amides is 1. The number of aliphatic carboxylic acids is 1. The normalized spacial score (nSPS) is 20.7. The van der Waals surface area contributed by atoms with E-state index in [1.165, 1.54) is 0 Å². The molecule has 1 N–H and O–H groups in total. The lowest BCUT2D eigenvalue weighted by Crippen LogP contribution is -2.30. The predicted octanol–water partition coefficient (Wildman–Crippen LogP) is 2.23. The molecule has 0 aliphatic carbocycles. The van der Waals surface area contributed by atoms with Gasteiger partial charge in [0.05, 0.1) is 11.6 Å². The molecule has 1 fully saturated rings. The molecule has 2 unspecified atom stereocenters. The van der Waals surface area contributed by atoms with Crippen molar-refractivity contribution in [2.24, 2.45) is 5.92 Å². The second kappa shape index (κ2) is 5.87. The highest BCUT2D eigenvalue weighted by Crippen LogP contribution is 2.34. The number of aryl methyl sites for hydroxylation is 2. The van der Waals surface area contributed by atoms with E-state index in [2.05, 4.69) is 5.16 Å². The summed E-state index contributed by atoms with van der Waals surface area (Å²) in [6.45, 7) is 3.97. The zero-order chi connectivity index (χ0) is 16.6. The maximum absolute atomic E-state index is 12.7. The molecule has 1 aromatic heterocycles. The molecule has 2 atom stereocenters. The highest BCUT2D eigenvalue weighted by molar-refractivity contribution is 5.96. The standard InChI is InChI=1S/C17H18N2O4/c1-10-15(11(2)23-18-10)16(20)19-8-13(14(9-19)17(21)22)12-6-4-3-5-7-12/h3-7,13-14H,8-9H2,1-2H3,(H,21,22). The van der Waals surface area contributed by atoms with E-state index in [1.54, 1.807) is 18.7 Å². The van der Waals surface area contributed by atoms with Gasteiger partial charge in [0.15, 0.2) is 0 Å². The van der Waals surface area contributed by atoms with E-state index in [1.807, 2.05) is 30.3 Å². The molecule has 1 aliphatic rings. The molecule has 6 heteroatoms. The summed E-state index contributed by atoms with van der Waals surface area (Å²) >= 11 is 0.